The standard InChI is InChI=1S/C14H12FN3OS/c15-11-7-4-8-12(9-11)16-14(20)18-17-13(19)10-5-2-1-3-6-10/h1-9H,(H,17,19)(H2,16,18,20). The van der Waals surface area contributed by atoms with Gasteiger partial charge in [0.15, 0.2) is 5.11 Å². The number of carbonyl (C=O) groups is 1. The maximum Gasteiger partial charge on any atom is 0.269 e. The molecule has 102 valence electrons. The highest BCUT2D eigenvalue weighted by Crippen LogP contribution is 2.08. The zero-order chi connectivity index (χ0) is 14.4. The van der Waals surface area contributed by atoms with Gasteiger partial charge in [-0.05, 0) is 42.5 Å². The van der Waals surface area contributed by atoms with Gasteiger partial charge in [0.1, 0.15) is 5.82 Å². The molecule has 2 rings (SSSR count). The summed E-state index contributed by atoms with van der Waals surface area (Å²) in [5, 5.41) is 2.92. The van der Waals surface area contributed by atoms with Crippen LogP contribution in [-0.4, -0.2) is 11.0 Å². The third-order valence-electron chi connectivity index (χ3n) is 2.41. The van der Waals surface area contributed by atoms with Gasteiger partial charge in [-0.25, -0.2) is 4.39 Å². The van der Waals surface area contributed by atoms with Crippen LogP contribution in [0, 0.1) is 5.82 Å². The van der Waals surface area contributed by atoms with Crippen molar-refractivity contribution in [3.63, 3.8) is 0 Å². The molecule has 1 amide bonds. The van der Waals surface area contributed by atoms with E-state index in [2.05, 4.69) is 16.2 Å². The minimum Gasteiger partial charge on any atom is -0.331 e. The van der Waals surface area contributed by atoms with Gasteiger partial charge in [0.2, 0.25) is 0 Å². The average Bonchev–Trinajstić information content (AvgIpc) is 2.46. The van der Waals surface area contributed by atoms with Crippen molar-refractivity contribution in [2.75, 3.05) is 5.32 Å². The molecule has 0 atom stereocenters. The highest BCUT2D eigenvalue weighted by molar-refractivity contribution is 7.80. The number of benzene rings is 2. The molecule has 0 fully saturated rings. The molecule has 2 aromatic carbocycles. The number of hydrazine groups is 1. The van der Waals surface area contributed by atoms with Crippen LogP contribution >= 0.6 is 12.2 Å². The van der Waals surface area contributed by atoms with E-state index in [1.807, 2.05) is 6.07 Å². The summed E-state index contributed by atoms with van der Waals surface area (Å²) < 4.78 is 13.0. The van der Waals surface area contributed by atoms with Crippen LogP contribution in [0.5, 0.6) is 0 Å². The molecule has 0 radical (unpaired) electrons. The van der Waals surface area contributed by atoms with E-state index in [1.54, 1.807) is 36.4 Å². The van der Waals surface area contributed by atoms with Crippen LogP contribution in [0.4, 0.5) is 10.1 Å². The Balaban J connectivity index is 1.85. The second kappa shape index (κ2) is 6.63. The van der Waals surface area contributed by atoms with E-state index >= 15 is 0 Å². The second-order valence-corrected chi connectivity index (χ2v) is 4.32. The lowest BCUT2D eigenvalue weighted by molar-refractivity contribution is 0.0944. The Morgan fingerprint density at radius 2 is 1.75 bits per heavy atom. The summed E-state index contributed by atoms with van der Waals surface area (Å²) in [4.78, 5) is 11.7. The maximum atomic E-state index is 13.0. The fraction of sp³-hybridized carbons (Fsp3) is 0. The van der Waals surface area contributed by atoms with Crippen molar-refractivity contribution in [2.24, 2.45) is 0 Å². The zero-order valence-electron chi connectivity index (χ0n) is 10.4. The van der Waals surface area contributed by atoms with Gasteiger partial charge < -0.3 is 5.32 Å². The van der Waals surface area contributed by atoms with E-state index in [0.29, 0.717) is 11.3 Å². The van der Waals surface area contributed by atoms with Crippen LogP contribution in [0.25, 0.3) is 0 Å². The Morgan fingerprint density at radius 1 is 1.00 bits per heavy atom. The van der Waals surface area contributed by atoms with E-state index in [9.17, 15) is 9.18 Å². The number of hydrogen-bond acceptors (Lipinski definition) is 2. The molecule has 0 saturated carbocycles. The highest BCUT2D eigenvalue weighted by Gasteiger charge is 2.04. The molecule has 0 aliphatic rings. The van der Waals surface area contributed by atoms with Crippen molar-refractivity contribution in [3.8, 4) is 0 Å². The average molecular weight is 289 g/mol. The first-order valence-electron chi connectivity index (χ1n) is 5.83. The van der Waals surface area contributed by atoms with Gasteiger partial charge in [0, 0.05) is 11.3 Å². The van der Waals surface area contributed by atoms with E-state index in [1.165, 1.54) is 12.1 Å². The predicted molar refractivity (Wildman–Crippen MR) is 79.7 cm³/mol. The number of thiocarbonyl (C=S) groups is 1. The van der Waals surface area contributed by atoms with Crippen LogP contribution in [0.1, 0.15) is 10.4 Å². The number of hydrogen-bond donors (Lipinski definition) is 3. The summed E-state index contributed by atoms with van der Waals surface area (Å²) in [6.45, 7) is 0. The summed E-state index contributed by atoms with van der Waals surface area (Å²) in [7, 11) is 0. The lowest BCUT2D eigenvalue weighted by Crippen LogP contribution is -2.43. The number of carbonyl (C=O) groups excluding carboxylic acids is 1. The quantitative estimate of drug-likeness (QED) is 0.587. The van der Waals surface area contributed by atoms with Crippen molar-refractivity contribution in [1.82, 2.24) is 10.9 Å². The van der Waals surface area contributed by atoms with Crippen molar-refractivity contribution in [2.45, 2.75) is 0 Å². The van der Waals surface area contributed by atoms with Crippen LogP contribution in [0.2, 0.25) is 0 Å². The second-order valence-electron chi connectivity index (χ2n) is 3.91. The Kier molecular flexibility index (Phi) is 4.62. The Labute approximate surface area is 121 Å². The van der Waals surface area contributed by atoms with Gasteiger partial charge in [-0.1, -0.05) is 24.3 Å². The van der Waals surface area contributed by atoms with E-state index < -0.39 is 0 Å². The fourth-order valence-corrected chi connectivity index (χ4v) is 1.67. The monoisotopic (exact) mass is 289 g/mol. The van der Waals surface area contributed by atoms with Gasteiger partial charge in [0.25, 0.3) is 5.91 Å². The smallest absolute Gasteiger partial charge is 0.269 e. The molecule has 0 heterocycles. The first kappa shape index (κ1) is 14.0. The molecular weight excluding hydrogens is 277 g/mol. The summed E-state index contributed by atoms with van der Waals surface area (Å²) in [5.74, 6) is -0.680. The topological polar surface area (TPSA) is 53.2 Å². The molecule has 0 aromatic heterocycles. The molecule has 3 N–H and O–H groups in total. The van der Waals surface area contributed by atoms with Crippen molar-refractivity contribution < 1.29 is 9.18 Å². The molecule has 0 unspecified atom stereocenters. The van der Waals surface area contributed by atoms with Crippen molar-refractivity contribution >= 4 is 28.9 Å². The molecule has 2 aromatic rings. The first-order chi connectivity index (χ1) is 9.65. The molecule has 0 aliphatic heterocycles. The Morgan fingerprint density at radius 3 is 2.45 bits per heavy atom. The fourth-order valence-electron chi connectivity index (χ4n) is 1.50. The number of amides is 1. The molecular formula is C14H12FN3OS. The Bertz CT molecular complexity index is 619. The van der Waals surface area contributed by atoms with Crippen LogP contribution in [0.3, 0.4) is 0 Å². The summed E-state index contributed by atoms with van der Waals surface area (Å²) >= 11 is 4.99. The van der Waals surface area contributed by atoms with Gasteiger partial charge in [-0.3, -0.25) is 15.6 Å². The SMILES string of the molecule is O=C(NNC(=S)Nc1cccc(F)c1)c1ccccc1. The molecule has 20 heavy (non-hydrogen) atoms. The zero-order valence-corrected chi connectivity index (χ0v) is 11.2. The molecule has 0 saturated heterocycles. The van der Waals surface area contributed by atoms with Gasteiger partial charge in [-0.2, -0.15) is 0 Å². The van der Waals surface area contributed by atoms with Crippen molar-refractivity contribution in [1.29, 1.82) is 0 Å². The molecule has 0 spiro atoms. The molecule has 6 heteroatoms. The third-order valence-corrected chi connectivity index (χ3v) is 2.61. The lowest BCUT2D eigenvalue weighted by atomic mass is 10.2. The summed E-state index contributed by atoms with van der Waals surface area (Å²) in [6, 6.07) is 14.6. The third kappa shape index (κ3) is 4.03. The van der Waals surface area contributed by atoms with Crippen LogP contribution in [-0.2, 0) is 0 Å². The predicted octanol–water partition coefficient (Wildman–Crippen LogP) is 2.46. The maximum absolute atomic E-state index is 13.0. The number of nitrogens with one attached hydrogen (secondary N) is 3. The van der Waals surface area contributed by atoms with Crippen LogP contribution < -0.4 is 16.2 Å². The number of halogens is 1. The van der Waals surface area contributed by atoms with E-state index in [4.69, 9.17) is 12.2 Å². The molecule has 0 aliphatic carbocycles. The van der Waals surface area contributed by atoms with Gasteiger partial charge in [0.05, 0.1) is 0 Å². The minimum absolute atomic E-state index is 0.167. The van der Waals surface area contributed by atoms with E-state index in [-0.39, 0.29) is 16.8 Å². The molecule has 4 nitrogen and oxygen atoms in total. The van der Waals surface area contributed by atoms with Crippen molar-refractivity contribution in [3.05, 3.63) is 66.0 Å². The largest absolute Gasteiger partial charge is 0.331 e. The minimum atomic E-state index is -0.369. The lowest BCUT2D eigenvalue weighted by Gasteiger charge is -2.11. The number of rotatable bonds is 2. The van der Waals surface area contributed by atoms with E-state index in [0.717, 1.165) is 0 Å². The number of anilines is 1. The molecule has 0 bridgehead atoms. The van der Waals surface area contributed by atoms with Gasteiger partial charge in [-0.15, -0.1) is 0 Å². The highest BCUT2D eigenvalue weighted by atomic mass is 32.1. The first-order valence-corrected chi connectivity index (χ1v) is 6.24. The summed E-state index contributed by atoms with van der Waals surface area (Å²) in [6.07, 6.45) is 0. The van der Waals surface area contributed by atoms with Gasteiger partial charge >= 0.3 is 0 Å². The summed E-state index contributed by atoms with van der Waals surface area (Å²) in [5.41, 5.74) is 6.00. The van der Waals surface area contributed by atoms with Crippen LogP contribution in [0.15, 0.2) is 54.6 Å². The normalized spacial score (nSPS) is 9.65. The Hall–Kier alpha value is -2.47.